The van der Waals surface area contributed by atoms with Gasteiger partial charge >= 0.3 is 0 Å². The van der Waals surface area contributed by atoms with Gasteiger partial charge in [-0.15, -0.1) is 0 Å². The van der Waals surface area contributed by atoms with Crippen molar-refractivity contribution in [2.75, 3.05) is 7.05 Å². The number of nitrogens with zero attached hydrogens (tertiary/aromatic N) is 4. The molecule has 1 saturated carbocycles. The van der Waals surface area contributed by atoms with Gasteiger partial charge in [-0.2, -0.15) is 0 Å². The van der Waals surface area contributed by atoms with Crippen LogP contribution in [0.25, 0.3) is 0 Å². The van der Waals surface area contributed by atoms with Crippen LogP contribution >= 0.6 is 0 Å². The van der Waals surface area contributed by atoms with Crippen molar-refractivity contribution in [2.24, 2.45) is 0 Å². The average molecular weight is 302 g/mol. The molecular formula is C17H26N4O. The molecular weight excluding hydrogens is 276 g/mol. The molecule has 1 fully saturated rings. The molecule has 0 atom stereocenters. The third-order valence-electron chi connectivity index (χ3n) is 4.54. The third kappa shape index (κ3) is 3.58. The van der Waals surface area contributed by atoms with E-state index in [1.54, 1.807) is 0 Å². The molecule has 2 aromatic rings. The third-order valence-corrected chi connectivity index (χ3v) is 4.54. The summed E-state index contributed by atoms with van der Waals surface area (Å²) in [5.41, 5.74) is 2.32. The molecule has 3 rings (SSSR count). The fourth-order valence-corrected chi connectivity index (χ4v) is 3.34. The first-order valence-electron chi connectivity index (χ1n) is 8.40. The SMILES string of the molecule is CCc1cc(CN(C)Cc2cncn2C2CCCCC2)on1. The van der Waals surface area contributed by atoms with E-state index < -0.39 is 0 Å². The normalized spacial score (nSPS) is 16.5. The van der Waals surface area contributed by atoms with Crippen molar-refractivity contribution in [3.8, 4) is 0 Å². The van der Waals surface area contributed by atoms with Gasteiger partial charge in [-0.1, -0.05) is 31.3 Å². The number of hydrogen-bond donors (Lipinski definition) is 0. The quantitative estimate of drug-likeness (QED) is 0.818. The molecule has 0 unspecified atom stereocenters. The van der Waals surface area contributed by atoms with Crippen LogP contribution in [0.2, 0.25) is 0 Å². The highest BCUT2D eigenvalue weighted by Gasteiger charge is 2.18. The maximum absolute atomic E-state index is 5.38. The molecule has 2 aromatic heterocycles. The second-order valence-electron chi connectivity index (χ2n) is 6.39. The molecule has 1 aliphatic carbocycles. The van der Waals surface area contributed by atoms with Crippen LogP contribution in [0.3, 0.4) is 0 Å². The Morgan fingerprint density at radius 1 is 1.27 bits per heavy atom. The van der Waals surface area contributed by atoms with E-state index in [2.05, 4.69) is 39.6 Å². The molecule has 0 N–H and O–H groups in total. The van der Waals surface area contributed by atoms with E-state index in [0.717, 1.165) is 31.0 Å². The summed E-state index contributed by atoms with van der Waals surface area (Å²) in [6.07, 6.45) is 11.6. The second kappa shape index (κ2) is 7.09. The van der Waals surface area contributed by atoms with Crippen LogP contribution in [-0.2, 0) is 19.5 Å². The molecule has 0 bridgehead atoms. The monoisotopic (exact) mass is 302 g/mol. The highest BCUT2D eigenvalue weighted by molar-refractivity contribution is 5.06. The van der Waals surface area contributed by atoms with Gasteiger partial charge in [0, 0.05) is 24.8 Å². The van der Waals surface area contributed by atoms with Crippen molar-refractivity contribution in [1.82, 2.24) is 19.6 Å². The summed E-state index contributed by atoms with van der Waals surface area (Å²) >= 11 is 0. The number of aromatic nitrogens is 3. The van der Waals surface area contributed by atoms with Crippen molar-refractivity contribution in [2.45, 2.75) is 64.6 Å². The van der Waals surface area contributed by atoms with Gasteiger partial charge in [-0.25, -0.2) is 4.98 Å². The van der Waals surface area contributed by atoms with Gasteiger partial charge in [-0.05, 0) is 26.3 Å². The van der Waals surface area contributed by atoms with Crippen molar-refractivity contribution in [3.05, 3.63) is 35.7 Å². The Morgan fingerprint density at radius 2 is 2.09 bits per heavy atom. The Hall–Kier alpha value is -1.62. The summed E-state index contributed by atoms with van der Waals surface area (Å²) in [7, 11) is 2.12. The molecule has 5 nitrogen and oxygen atoms in total. The van der Waals surface area contributed by atoms with Crippen LogP contribution in [0.1, 0.15) is 62.2 Å². The number of aryl methyl sites for hydroxylation is 1. The zero-order chi connectivity index (χ0) is 15.4. The van der Waals surface area contributed by atoms with E-state index in [1.165, 1.54) is 37.8 Å². The van der Waals surface area contributed by atoms with Crippen LogP contribution in [0.4, 0.5) is 0 Å². The molecule has 1 aliphatic rings. The zero-order valence-corrected chi connectivity index (χ0v) is 13.7. The minimum Gasteiger partial charge on any atom is -0.360 e. The van der Waals surface area contributed by atoms with Crippen molar-refractivity contribution < 1.29 is 4.52 Å². The van der Waals surface area contributed by atoms with E-state index in [-0.39, 0.29) is 0 Å². The largest absolute Gasteiger partial charge is 0.360 e. The van der Waals surface area contributed by atoms with Crippen molar-refractivity contribution in [3.63, 3.8) is 0 Å². The predicted octanol–water partition coefficient (Wildman–Crippen LogP) is 3.57. The van der Waals surface area contributed by atoms with Gasteiger partial charge in [0.2, 0.25) is 0 Å². The lowest BCUT2D eigenvalue weighted by Crippen LogP contribution is -2.21. The number of hydrogen-bond acceptors (Lipinski definition) is 4. The summed E-state index contributed by atoms with van der Waals surface area (Å²) in [4.78, 5) is 6.64. The summed E-state index contributed by atoms with van der Waals surface area (Å²) in [5, 5.41) is 4.06. The molecule has 5 heteroatoms. The molecule has 0 aliphatic heterocycles. The minimum absolute atomic E-state index is 0.636. The second-order valence-corrected chi connectivity index (χ2v) is 6.39. The summed E-state index contributed by atoms with van der Waals surface area (Å²) in [6, 6.07) is 2.69. The molecule has 22 heavy (non-hydrogen) atoms. The van der Waals surface area contributed by atoms with Crippen LogP contribution in [0.15, 0.2) is 23.1 Å². The first kappa shape index (κ1) is 15.3. The Balaban J connectivity index is 1.61. The van der Waals surface area contributed by atoms with Gasteiger partial charge in [0.1, 0.15) is 0 Å². The Labute approximate surface area is 132 Å². The average Bonchev–Trinajstić information content (AvgIpc) is 3.17. The van der Waals surface area contributed by atoms with Gasteiger partial charge in [-0.3, -0.25) is 4.90 Å². The van der Waals surface area contributed by atoms with E-state index in [1.807, 2.05) is 12.5 Å². The molecule has 120 valence electrons. The predicted molar refractivity (Wildman–Crippen MR) is 85.4 cm³/mol. The molecule has 0 spiro atoms. The van der Waals surface area contributed by atoms with Gasteiger partial charge in [0.05, 0.1) is 24.3 Å². The van der Waals surface area contributed by atoms with Crippen LogP contribution in [0, 0.1) is 0 Å². The number of rotatable bonds is 6. The Kier molecular flexibility index (Phi) is 4.93. The lowest BCUT2D eigenvalue weighted by Gasteiger charge is -2.26. The highest BCUT2D eigenvalue weighted by atomic mass is 16.5. The number of imidazole rings is 1. The lowest BCUT2D eigenvalue weighted by atomic mass is 9.95. The fraction of sp³-hybridized carbons (Fsp3) is 0.647. The lowest BCUT2D eigenvalue weighted by molar-refractivity contribution is 0.254. The van der Waals surface area contributed by atoms with Gasteiger partial charge in [0.15, 0.2) is 5.76 Å². The summed E-state index contributed by atoms with van der Waals surface area (Å²) in [5.74, 6) is 0.933. The van der Waals surface area contributed by atoms with E-state index in [4.69, 9.17) is 4.52 Å². The molecule has 2 heterocycles. The van der Waals surface area contributed by atoms with E-state index in [0.29, 0.717) is 6.04 Å². The zero-order valence-electron chi connectivity index (χ0n) is 13.7. The summed E-state index contributed by atoms with van der Waals surface area (Å²) in [6.45, 7) is 3.76. The molecule has 0 amide bonds. The fourth-order valence-electron chi connectivity index (χ4n) is 3.34. The van der Waals surface area contributed by atoms with Gasteiger partial charge in [0.25, 0.3) is 0 Å². The van der Waals surface area contributed by atoms with Crippen LogP contribution in [-0.4, -0.2) is 26.7 Å². The first-order valence-corrected chi connectivity index (χ1v) is 8.40. The van der Waals surface area contributed by atoms with Gasteiger partial charge < -0.3 is 9.09 Å². The topological polar surface area (TPSA) is 47.1 Å². The Morgan fingerprint density at radius 3 is 2.82 bits per heavy atom. The maximum atomic E-state index is 5.38. The summed E-state index contributed by atoms with van der Waals surface area (Å²) < 4.78 is 7.76. The standard InChI is InChI=1S/C17H26N4O/c1-3-14-9-17(22-19-14)12-20(2)11-16-10-18-13-21(16)15-7-5-4-6-8-15/h9-10,13,15H,3-8,11-12H2,1-2H3. The van der Waals surface area contributed by atoms with Crippen LogP contribution in [0.5, 0.6) is 0 Å². The van der Waals surface area contributed by atoms with E-state index in [9.17, 15) is 0 Å². The maximum Gasteiger partial charge on any atom is 0.150 e. The van der Waals surface area contributed by atoms with Crippen molar-refractivity contribution in [1.29, 1.82) is 0 Å². The first-order chi connectivity index (χ1) is 10.8. The van der Waals surface area contributed by atoms with E-state index >= 15 is 0 Å². The molecule has 0 aromatic carbocycles. The van der Waals surface area contributed by atoms with Crippen molar-refractivity contribution >= 4 is 0 Å². The minimum atomic E-state index is 0.636. The smallest absolute Gasteiger partial charge is 0.150 e. The molecule has 0 radical (unpaired) electrons. The van der Waals surface area contributed by atoms with Crippen LogP contribution < -0.4 is 0 Å². The Bertz CT molecular complexity index is 583. The molecule has 0 saturated heterocycles. The highest BCUT2D eigenvalue weighted by Crippen LogP contribution is 2.29.